The molecule has 0 atom stereocenters. The molecule has 6 heterocycles. The monoisotopic (exact) mass is 483 g/mol. The Morgan fingerprint density at radius 3 is 2.74 bits per heavy atom. The standard InChI is InChI=1S/C25H18FN7OS/c1-12-5-7-27-9-14(12)15-10-29-25-20(21(15)26)16(11-30-33-25)24-31-17-6-8-28-23(22(17)32-24)19-4-3-18(35-19)13(2)34/h3-11,30H,1-2H3,(H,29,33)(H,31,32). The van der Waals surface area contributed by atoms with Gasteiger partial charge in [0.05, 0.1) is 20.8 Å². The molecule has 0 fully saturated rings. The highest BCUT2D eigenvalue weighted by atomic mass is 32.1. The Bertz CT molecular complexity index is 1670. The molecule has 5 aromatic heterocycles. The van der Waals surface area contributed by atoms with Gasteiger partial charge in [0.1, 0.15) is 22.9 Å². The Morgan fingerprint density at radius 1 is 1.06 bits per heavy atom. The highest BCUT2D eigenvalue weighted by Gasteiger charge is 2.26. The van der Waals surface area contributed by atoms with E-state index < -0.39 is 5.82 Å². The smallest absolute Gasteiger partial charge is 0.169 e. The topological polar surface area (TPSA) is 108 Å². The van der Waals surface area contributed by atoms with Crippen molar-refractivity contribution in [3.8, 4) is 21.7 Å². The minimum Gasteiger partial charge on any atom is -0.338 e. The first-order valence-corrected chi connectivity index (χ1v) is 11.6. The maximum absolute atomic E-state index is 16.0. The van der Waals surface area contributed by atoms with Crippen molar-refractivity contribution in [2.45, 2.75) is 13.8 Å². The number of hydrogen-bond acceptors (Lipinski definition) is 8. The van der Waals surface area contributed by atoms with Crippen molar-refractivity contribution in [2.24, 2.45) is 0 Å². The van der Waals surface area contributed by atoms with Crippen molar-refractivity contribution in [3.05, 3.63) is 82.9 Å². The molecule has 3 N–H and O–H groups in total. The molecule has 10 heteroatoms. The molecule has 0 aromatic carbocycles. The summed E-state index contributed by atoms with van der Waals surface area (Å²) in [4.78, 5) is 34.4. The van der Waals surface area contributed by atoms with Crippen molar-refractivity contribution in [1.29, 1.82) is 0 Å². The van der Waals surface area contributed by atoms with Crippen LogP contribution in [-0.4, -0.2) is 30.7 Å². The predicted molar refractivity (Wildman–Crippen MR) is 133 cm³/mol. The minimum absolute atomic E-state index is 0.00122. The highest BCUT2D eigenvalue weighted by Crippen LogP contribution is 2.38. The van der Waals surface area contributed by atoms with Crippen LogP contribution in [0.25, 0.3) is 38.3 Å². The van der Waals surface area contributed by atoms with E-state index in [9.17, 15) is 4.79 Å². The van der Waals surface area contributed by atoms with E-state index in [2.05, 4.69) is 30.8 Å². The summed E-state index contributed by atoms with van der Waals surface area (Å²) in [5.41, 5.74) is 10.6. The third kappa shape index (κ3) is 3.46. The summed E-state index contributed by atoms with van der Waals surface area (Å²) in [5, 5.41) is 0. The Morgan fingerprint density at radius 2 is 1.94 bits per heavy atom. The van der Waals surface area contributed by atoms with E-state index in [1.165, 1.54) is 24.5 Å². The Kier molecular flexibility index (Phi) is 4.89. The number of aromatic amines is 1. The normalized spacial score (nSPS) is 12.6. The lowest BCUT2D eigenvalue weighted by Gasteiger charge is -2.20. The predicted octanol–water partition coefficient (Wildman–Crippen LogP) is 5.11. The molecule has 172 valence electrons. The van der Waals surface area contributed by atoms with Crippen LogP contribution in [0.1, 0.15) is 33.5 Å². The van der Waals surface area contributed by atoms with Crippen LogP contribution in [0.3, 0.4) is 0 Å². The SMILES string of the molecule is CC(=O)c1ccc(-c2nccc3[nH]c(C4=CNNc5ncc(-c6cnccc6C)c(F)c54)nc23)s1. The van der Waals surface area contributed by atoms with Crippen LogP contribution in [0.5, 0.6) is 0 Å². The number of pyridine rings is 3. The molecule has 0 aliphatic carbocycles. The molecule has 0 spiro atoms. The molecule has 0 amide bonds. The summed E-state index contributed by atoms with van der Waals surface area (Å²) in [6.45, 7) is 3.44. The number of hydrogen-bond donors (Lipinski definition) is 3. The number of imidazole rings is 1. The molecular weight excluding hydrogens is 465 g/mol. The van der Waals surface area contributed by atoms with Gasteiger partial charge in [0.25, 0.3) is 0 Å². The van der Waals surface area contributed by atoms with Crippen molar-refractivity contribution in [2.75, 3.05) is 5.43 Å². The van der Waals surface area contributed by atoms with E-state index in [-0.39, 0.29) is 5.78 Å². The summed E-state index contributed by atoms with van der Waals surface area (Å²) >= 11 is 1.37. The number of H-pyrrole nitrogens is 1. The summed E-state index contributed by atoms with van der Waals surface area (Å²) < 4.78 is 16.0. The number of aryl methyl sites for hydroxylation is 1. The first-order valence-electron chi connectivity index (χ1n) is 10.8. The number of nitrogens with one attached hydrogen (secondary N) is 3. The second-order valence-corrected chi connectivity index (χ2v) is 9.17. The fourth-order valence-electron chi connectivity index (χ4n) is 4.10. The number of Topliss-reactive ketones (excluding diaryl/α,β-unsaturated/α-hetero) is 1. The number of anilines is 1. The van der Waals surface area contributed by atoms with Gasteiger partial charge in [0.15, 0.2) is 11.6 Å². The molecule has 35 heavy (non-hydrogen) atoms. The molecule has 1 aliphatic heterocycles. The molecule has 0 bridgehead atoms. The first-order chi connectivity index (χ1) is 17.0. The second-order valence-electron chi connectivity index (χ2n) is 8.09. The fraction of sp³-hybridized carbons (Fsp3) is 0.0800. The summed E-state index contributed by atoms with van der Waals surface area (Å²) in [6, 6.07) is 7.30. The lowest BCUT2D eigenvalue weighted by atomic mass is 9.98. The number of carbonyl (C=O) groups excluding carboxylic acids is 1. The van der Waals surface area contributed by atoms with Gasteiger partial charge in [-0.25, -0.2) is 14.4 Å². The molecular formula is C25H18FN7OS. The number of hydrazine groups is 1. The summed E-state index contributed by atoms with van der Waals surface area (Å²) in [6.07, 6.45) is 8.14. The van der Waals surface area contributed by atoms with E-state index in [1.807, 2.05) is 25.1 Å². The molecule has 8 nitrogen and oxygen atoms in total. The number of ketones is 1. The second kappa shape index (κ2) is 8.10. The number of rotatable bonds is 4. The van der Waals surface area contributed by atoms with Crippen LogP contribution in [0.2, 0.25) is 0 Å². The molecule has 6 rings (SSSR count). The van der Waals surface area contributed by atoms with Crippen LogP contribution >= 0.6 is 11.3 Å². The molecule has 0 radical (unpaired) electrons. The first kappa shape index (κ1) is 21.1. The maximum atomic E-state index is 16.0. The van der Waals surface area contributed by atoms with Gasteiger partial charge in [-0.05, 0) is 43.7 Å². The number of halogens is 1. The Balaban J connectivity index is 1.49. The van der Waals surface area contributed by atoms with Gasteiger partial charge < -0.3 is 10.4 Å². The number of nitrogens with zero attached hydrogens (tertiary/aromatic N) is 4. The molecule has 5 aromatic rings. The number of carbonyl (C=O) groups is 1. The fourth-order valence-corrected chi connectivity index (χ4v) is 5.00. The van der Waals surface area contributed by atoms with Crippen molar-refractivity contribution >= 4 is 39.5 Å². The zero-order valence-corrected chi connectivity index (χ0v) is 19.5. The van der Waals surface area contributed by atoms with Gasteiger partial charge >= 0.3 is 0 Å². The number of fused-ring (bicyclic) bond motifs is 2. The lowest BCUT2D eigenvalue weighted by molar-refractivity contribution is 0.102. The third-order valence-electron chi connectivity index (χ3n) is 5.86. The van der Waals surface area contributed by atoms with Gasteiger partial charge in [-0.15, -0.1) is 11.3 Å². The third-order valence-corrected chi connectivity index (χ3v) is 7.06. The quantitative estimate of drug-likeness (QED) is 0.305. The van der Waals surface area contributed by atoms with Gasteiger partial charge in [-0.1, -0.05) is 0 Å². The highest BCUT2D eigenvalue weighted by molar-refractivity contribution is 7.17. The summed E-state index contributed by atoms with van der Waals surface area (Å²) in [5.74, 6) is 0.401. The average Bonchev–Trinajstić information content (AvgIpc) is 3.52. The van der Waals surface area contributed by atoms with Crippen LogP contribution in [0, 0.1) is 12.7 Å². The van der Waals surface area contributed by atoms with E-state index in [4.69, 9.17) is 4.98 Å². The Labute approximate surface area is 203 Å². The van der Waals surface area contributed by atoms with Crippen molar-refractivity contribution in [3.63, 3.8) is 0 Å². The minimum atomic E-state index is -0.422. The Hall–Kier alpha value is -4.44. The van der Waals surface area contributed by atoms with Crippen molar-refractivity contribution in [1.82, 2.24) is 30.3 Å². The average molecular weight is 484 g/mol. The van der Waals surface area contributed by atoms with E-state index in [1.54, 1.807) is 30.9 Å². The van der Waals surface area contributed by atoms with Gasteiger partial charge in [0.2, 0.25) is 0 Å². The van der Waals surface area contributed by atoms with E-state index >= 15 is 4.39 Å². The van der Waals surface area contributed by atoms with Gasteiger partial charge in [0, 0.05) is 47.7 Å². The molecule has 1 aliphatic rings. The molecule has 0 saturated heterocycles. The van der Waals surface area contributed by atoms with Crippen LogP contribution in [0.15, 0.2) is 55.3 Å². The maximum Gasteiger partial charge on any atom is 0.169 e. The zero-order chi connectivity index (χ0) is 24.1. The zero-order valence-electron chi connectivity index (χ0n) is 18.7. The van der Waals surface area contributed by atoms with E-state index in [0.717, 1.165) is 16.0 Å². The molecule has 0 saturated carbocycles. The summed E-state index contributed by atoms with van der Waals surface area (Å²) in [7, 11) is 0. The number of thiophene rings is 1. The largest absolute Gasteiger partial charge is 0.338 e. The van der Waals surface area contributed by atoms with Crippen molar-refractivity contribution < 1.29 is 9.18 Å². The van der Waals surface area contributed by atoms with Crippen LogP contribution in [-0.2, 0) is 0 Å². The molecule has 0 unspecified atom stereocenters. The van der Waals surface area contributed by atoms with E-state index in [0.29, 0.717) is 50.0 Å². The van der Waals surface area contributed by atoms with Crippen LogP contribution < -0.4 is 10.9 Å². The van der Waals surface area contributed by atoms with Crippen LogP contribution in [0.4, 0.5) is 10.2 Å². The van der Waals surface area contributed by atoms with Gasteiger partial charge in [-0.2, -0.15) is 0 Å². The van der Waals surface area contributed by atoms with Gasteiger partial charge in [-0.3, -0.25) is 20.2 Å². The lowest BCUT2D eigenvalue weighted by Crippen LogP contribution is -2.23. The number of aromatic nitrogens is 5.